The Labute approximate surface area is 128 Å². The molecule has 1 N–H and O–H groups in total. The Hall–Kier alpha value is -3.07. The van der Waals surface area contributed by atoms with Gasteiger partial charge in [-0.2, -0.15) is 10.4 Å². The molecule has 112 valence electrons. The average molecular weight is 296 g/mol. The second-order valence-corrected chi connectivity index (χ2v) is 4.66. The standard InChI is InChI=1S/C16H16N4O2/c1-4-13-9-15(18-16(21)22-11(2)3)20(19-13)14-7-5-6-12(8-14)10-17/h5-9H,2,4H2,1,3H3,(H,18,21). The maximum atomic E-state index is 11.7. The summed E-state index contributed by atoms with van der Waals surface area (Å²) in [7, 11) is 0. The normalized spacial score (nSPS) is 9.86. The van der Waals surface area contributed by atoms with Crippen LogP contribution in [0.4, 0.5) is 10.6 Å². The van der Waals surface area contributed by atoms with E-state index < -0.39 is 6.09 Å². The van der Waals surface area contributed by atoms with Gasteiger partial charge in [0.05, 0.1) is 28.8 Å². The Morgan fingerprint density at radius 3 is 2.91 bits per heavy atom. The van der Waals surface area contributed by atoms with E-state index >= 15 is 0 Å². The van der Waals surface area contributed by atoms with Crippen molar-refractivity contribution < 1.29 is 9.53 Å². The van der Waals surface area contributed by atoms with Gasteiger partial charge in [-0.05, 0) is 31.5 Å². The molecule has 6 heteroatoms. The summed E-state index contributed by atoms with van der Waals surface area (Å²) >= 11 is 0. The molecule has 0 aliphatic heterocycles. The van der Waals surface area contributed by atoms with Crippen molar-refractivity contribution >= 4 is 11.9 Å². The van der Waals surface area contributed by atoms with Gasteiger partial charge in [0, 0.05) is 6.07 Å². The molecular formula is C16H16N4O2. The lowest BCUT2D eigenvalue weighted by atomic mass is 10.2. The maximum absolute atomic E-state index is 11.7. The zero-order chi connectivity index (χ0) is 16.1. The summed E-state index contributed by atoms with van der Waals surface area (Å²) in [5.41, 5.74) is 2.01. The minimum atomic E-state index is -0.632. The van der Waals surface area contributed by atoms with E-state index in [-0.39, 0.29) is 0 Å². The minimum Gasteiger partial charge on any atom is -0.416 e. The molecule has 0 spiro atoms. The lowest BCUT2D eigenvalue weighted by Gasteiger charge is -2.09. The number of ether oxygens (including phenoxy) is 1. The first-order valence-electron chi connectivity index (χ1n) is 6.77. The first-order chi connectivity index (χ1) is 10.5. The minimum absolute atomic E-state index is 0.297. The molecule has 6 nitrogen and oxygen atoms in total. The van der Waals surface area contributed by atoms with Crippen LogP contribution >= 0.6 is 0 Å². The molecule has 2 aromatic rings. The van der Waals surface area contributed by atoms with Crippen molar-refractivity contribution in [3.63, 3.8) is 0 Å². The van der Waals surface area contributed by atoms with Crippen molar-refractivity contribution in [1.82, 2.24) is 9.78 Å². The molecule has 0 aliphatic rings. The summed E-state index contributed by atoms with van der Waals surface area (Å²) < 4.78 is 6.46. The monoisotopic (exact) mass is 296 g/mol. The van der Waals surface area contributed by atoms with Gasteiger partial charge in [0.25, 0.3) is 0 Å². The number of carbonyl (C=O) groups is 1. The fourth-order valence-electron chi connectivity index (χ4n) is 1.88. The van der Waals surface area contributed by atoms with Crippen LogP contribution < -0.4 is 5.32 Å². The van der Waals surface area contributed by atoms with Gasteiger partial charge in [-0.1, -0.05) is 19.6 Å². The number of amides is 1. The SMILES string of the molecule is C=C(C)OC(=O)Nc1cc(CC)nn1-c1cccc(C#N)c1. The van der Waals surface area contributed by atoms with Crippen molar-refractivity contribution in [3.8, 4) is 11.8 Å². The third-order valence-corrected chi connectivity index (χ3v) is 2.84. The number of aryl methyl sites for hydroxylation is 1. The van der Waals surface area contributed by atoms with Crippen molar-refractivity contribution in [2.24, 2.45) is 0 Å². The molecule has 2 rings (SSSR count). The number of nitriles is 1. The van der Waals surface area contributed by atoms with Gasteiger partial charge in [-0.15, -0.1) is 0 Å². The van der Waals surface area contributed by atoms with E-state index in [1.54, 1.807) is 35.9 Å². The second kappa shape index (κ2) is 6.59. The van der Waals surface area contributed by atoms with Crippen molar-refractivity contribution in [2.75, 3.05) is 5.32 Å². The number of nitrogens with one attached hydrogen (secondary N) is 1. The van der Waals surface area contributed by atoms with E-state index in [1.165, 1.54) is 0 Å². The number of nitrogens with zero attached hydrogens (tertiary/aromatic N) is 3. The summed E-state index contributed by atoms with van der Waals surface area (Å²) in [5, 5.41) is 16.0. The van der Waals surface area contributed by atoms with Gasteiger partial charge in [0.1, 0.15) is 5.82 Å². The van der Waals surface area contributed by atoms with E-state index in [0.29, 0.717) is 22.8 Å². The number of aromatic nitrogens is 2. The fourth-order valence-corrected chi connectivity index (χ4v) is 1.88. The Morgan fingerprint density at radius 1 is 1.50 bits per heavy atom. The predicted molar refractivity (Wildman–Crippen MR) is 82.6 cm³/mol. The zero-order valence-electron chi connectivity index (χ0n) is 12.5. The van der Waals surface area contributed by atoms with Crippen LogP contribution in [0.2, 0.25) is 0 Å². The highest BCUT2D eigenvalue weighted by Crippen LogP contribution is 2.19. The molecule has 1 heterocycles. The van der Waals surface area contributed by atoms with E-state index in [9.17, 15) is 4.79 Å². The van der Waals surface area contributed by atoms with E-state index in [4.69, 9.17) is 10.00 Å². The Bertz CT molecular complexity index is 756. The average Bonchev–Trinajstić information content (AvgIpc) is 2.89. The number of hydrogen-bond acceptors (Lipinski definition) is 4. The molecule has 0 bridgehead atoms. The van der Waals surface area contributed by atoms with Gasteiger partial charge >= 0.3 is 6.09 Å². The molecule has 22 heavy (non-hydrogen) atoms. The van der Waals surface area contributed by atoms with Crippen LogP contribution in [0, 0.1) is 11.3 Å². The number of carbonyl (C=O) groups excluding carboxylic acids is 1. The summed E-state index contributed by atoms with van der Waals surface area (Å²) in [6.07, 6.45) is 0.0857. The van der Waals surface area contributed by atoms with Gasteiger partial charge in [0.2, 0.25) is 0 Å². The van der Waals surface area contributed by atoms with E-state index in [1.807, 2.05) is 13.0 Å². The quantitative estimate of drug-likeness (QED) is 0.877. The predicted octanol–water partition coefficient (Wildman–Crippen LogP) is 3.39. The molecule has 0 saturated carbocycles. The molecule has 1 amide bonds. The van der Waals surface area contributed by atoms with Crippen LogP contribution in [0.5, 0.6) is 0 Å². The van der Waals surface area contributed by atoms with Crippen LogP contribution in [-0.4, -0.2) is 15.9 Å². The van der Waals surface area contributed by atoms with Crippen LogP contribution in [0.15, 0.2) is 42.7 Å². The number of rotatable bonds is 4. The second-order valence-electron chi connectivity index (χ2n) is 4.66. The lowest BCUT2D eigenvalue weighted by molar-refractivity contribution is 0.192. The molecule has 0 unspecified atom stereocenters. The van der Waals surface area contributed by atoms with Crippen LogP contribution in [0.25, 0.3) is 5.69 Å². The zero-order valence-corrected chi connectivity index (χ0v) is 12.5. The Kier molecular flexibility index (Phi) is 4.59. The topological polar surface area (TPSA) is 79.9 Å². The summed E-state index contributed by atoms with van der Waals surface area (Å²) in [6, 6.07) is 10.8. The largest absolute Gasteiger partial charge is 0.417 e. The highest BCUT2D eigenvalue weighted by atomic mass is 16.6. The van der Waals surface area contributed by atoms with Crippen LogP contribution in [0.1, 0.15) is 25.1 Å². The van der Waals surface area contributed by atoms with Crippen LogP contribution in [0.3, 0.4) is 0 Å². The van der Waals surface area contributed by atoms with Gasteiger partial charge in [-0.3, -0.25) is 5.32 Å². The smallest absolute Gasteiger partial charge is 0.416 e. The van der Waals surface area contributed by atoms with Crippen molar-refractivity contribution in [1.29, 1.82) is 5.26 Å². The summed E-state index contributed by atoms with van der Waals surface area (Å²) in [4.78, 5) is 11.7. The number of anilines is 1. The first-order valence-corrected chi connectivity index (χ1v) is 6.77. The molecule has 0 fully saturated rings. The van der Waals surface area contributed by atoms with Gasteiger partial charge in [0.15, 0.2) is 0 Å². The number of benzene rings is 1. The third-order valence-electron chi connectivity index (χ3n) is 2.84. The summed E-state index contributed by atoms with van der Waals surface area (Å²) in [6.45, 7) is 7.07. The fraction of sp³-hybridized carbons (Fsp3) is 0.188. The molecule has 0 saturated heterocycles. The first kappa shape index (κ1) is 15.3. The van der Waals surface area contributed by atoms with Crippen molar-refractivity contribution in [3.05, 3.63) is 53.9 Å². The number of hydrogen-bond donors (Lipinski definition) is 1. The Balaban J connectivity index is 2.38. The van der Waals surface area contributed by atoms with Crippen LogP contribution in [-0.2, 0) is 11.2 Å². The highest BCUT2D eigenvalue weighted by Gasteiger charge is 2.13. The third kappa shape index (κ3) is 3.52. The maximum Gasteiger partial charge on any atom is 0.417 e. The van der Waals surface area contributed by atoms with E-state index in [2.05, 4.69) is 23.1 Å². The molecular weight excluding hydrogens is 280 g/mol. The van der Waals surface area contributed by atoms with Gasteiger partial charge < -0.3 is 4.74 Å². The van der Waals surface area contributed by atoms with E-state index in [0.717, 1.165) is 12.1 Å². The Morgan fingerprint density at radius 2 is 2.27 bits per heavy atom. The molecule has 1 aromatic heterocycles. The molecule has 0 radical (unpaired) electrons. The molecule has 1 aromatic carbocycles. The van der Waals surface area contributed by atoms with Crippen molar-refractivity contribution in [2.45, 2.75) is 20.3 Å². The summed E-state index contributed by atoms with van der Waals surface area (Å²) in [5.74, 6) is 0.768. The highest BCUT2D eigenvalue weighted by molar-refractivity contribution is 5.84. The van der Waals surface area contributed by atoms with Gasteiger partial charge in [-0.25, -0.2) is 9.48 Å². The number of allylic oxidation sites excluding steroid dienone is 1. The lowest BCUT2D eigenvalue weighted by Crippen LogP contribution is -2.15. The molecule has 0 aliphatic carbocycles. The molecule has 0 atom stereocenters.